The average molecular weight is 283 g/mol. The second kappa shape index (κ2) is 5.51. The van der Waals surface area contributed by atoms with E-state index in [1.165, 1.54) is 4.88 Å². The van der Waals surface area contributed by atoms with Crippen molar-refractivity contribution in [2.75, 3.05) is 11.1 Å². The first-order valence-corrected chi connectivity index (χ1v) is 7.54. The molecule has 0 amide bonds. The van der Waals surface area contributed by atoms with Crippen LogP contribution in [0.15, 0.2) is 48.0 Å². The maximum absolute atomic E-state index is 6.24. The van der Waals surface area contributed by atoms with Gasteiger partial charge in [0, 0.05) is 28.9 Å². The second-order valence-corrected chi connectivity index (χ2v) is 5.96. The number of nitrogens with zero attached hydrogens (tertiary/aromatic N) is 1. The van der Waals surface area contributed by atoms with E-state index in [0.717, 1.165) is 28.7 Å². The molecule has 2 aromatic heterocycles. The largest absolute Gasteiger partial charge is 0.397 e. The first-order chi connectivity index (χ1) is 9.74. The van der Waals surface area contributed by atoms with Gasteiger partial charge in [-0.25, -0.2) is 0 Å². The standard InChI is InChI=1S/C16H17N3S/c1-11(10-12-4-3-9-20-12)19-15-7-6-14-13(16(15)17)5-2-8-18-14/h2-9,11,19H,10,17H2,1H3. The third-order valence-electron chi connectivity index (χ3n) is 3.32. The highest BCUT2D eigenvalue weighted by Crippen LogP contribution is 2.28. The van der Waals surface area contributed by atoms with Crippen LogP contribution in [-0.2, 0) is 6.42 Å². The highest BCUT2D eigenvalue weighted by atomic mass is 32.1. The normalized spacial score (nSPS) is 12.4. The van der Waals surface area contributed by atoms with Crippen molar-refractivity contribution in [2.24, 2.45) is 0 Å². The van der Waals surface area contributed by atoms with Crippen LogP contribution in [-0.4, -0.2) is 11.0 Å². The predicted molar refractivity (Wildman–Crippen MR) is 87.3 cm³/mol. The topological polar surface area (TPSA) is 50.9 Å². The predicted octanol–water partition coefficient (Wildman–Crippen LogP) is 3.92. The average Bonchev–Trinajstić information content (AvgIpc) is 2.95. The first kappa shape index (κ1) is 12.9. The Labute approximate surface area is 122 Å². The number of anilines is 2. The Bertz CT molecular complexity index is 707. The Morgan fingerprint density at radius 2 is 2.15 bits per heavy atom. The summed E-state index contributed by atoms with van der Waals surface area (Å²) in [5.74, 6) is 0. The Balaban J connectivity index is 1.82. The molecule has 0 saturated heterocycles. The maximum Gasteiger partial charge on any atom is 0.0724 e. The van der Waals surface area contributed by atoms with Crippen LogP contribution in [0.2, 0.25) is 0 Å². The molecule has 0 fully saturated rings. The van der Waals surface area contributed by atoms with Gasteiger partial charge in [0.15, 0.2) is 0 Å². The van der Waals surface area contributed by atoms with Crippen molar-refractivity contribution in [3.8, 4) is 0 Å². The van der Waals surface area contributed by atoms with Gasteiger partial charge in [0.25, 0.3) is 0 Å². The Morgan fingerprint density at radius 1 is 1.25 bits per heavy atom. The van der Waals surface area contributed by atoms with E-state index in [9.17, 15) is 0 Å². The van der Waals surface area contributed by atoms with Crippen molar-refractivity contribution in [3.63, 3.8) is 0 Å². The second-order valence-electron chi connectivity index (χ2n) is 4.93. The van der Waals surface area contributed by atoms with Gasteiger partial charge < -0.3 is 11.1 Å². The molecule has 102 valence electrons. The van der Waals surface area contributed by atoms with Crippen molar-refractivity contribution < 1.29 is 0 Å². The molecule has 0 aliphatic rings. The third kappa shape index (κ3) is 2.60. The van der Waals surface area contributed by atoms with Gasteiger partial charge in [0.05, 0.1) is 16.9 Å². The van der Waals surface area contributed by atoms with Crippen LogP contribution in [0, 0.1) is 0 Å². The summed E-state index contributed by atoms with van der Waals surface area (Å²) in [6, 6.07) is 12.5. The van der Waals surface area contributed by atoms with Gasteiger partial charge in [-0.15, -0.1) is 11.3 Å². The van der Waals surface area contributed by atoms with Crippen LogP contribution in [0.4, 0.5) is 11.4 Å². The van der Waals surface area contributed by atoms with Crippen LogP contribution in [0.3, 0.4) is 0 Å². The number of hydrogen-bond acceptors (Lipinski definition) is 4. The van der Waals surface area contributed by atoms with E-state index in [1.54, 1.807) is 17.5 Å². The summed E-state index contributed by atoms with van der Waals surface area (Å²) in [6.07, 6.45) is 2.79. The summed E-state index contributed by atoms with van der Waals surface area (Å²) >= 11 is 1.79. The summed E-state index contributed by atoms with van der Waals surface area (Å²) in [5, 5.41) is 6.60. The number of rotatable bonds is 4. The fourth-order valence-corrected chi connectivity index (χ4v) is 3.18. The number of pyridine rings is 1. The number of hydrogen-bond donors (Lipinski definition) is 2. The van der Waals surface area contributed by atoms with Gasteiger partial charge in [-0.1, -0.05) is 6.07 Å². The van der Waals surface area contributed by atoms with Crippen LogP contribution in [0.25, 0.3) is 10.9 Å². The molecule has 20 heavy (non-hydrogen) atoms. The molecule has 0 aliphatic carbocycles. The molecule has 3 N–H and O–H groups in total. The van der Waals surface area contributed by atoms with Crippen molar-refractivity contribution in [1.29, 1.82) is 0 Å². The Morgan fingerprint density at radius 3 is 2.95 bits per heavy atom. The lowest BCUT2D eigenvalue weighted by molar-refractivity contribution is 0.801. The van der Waals surface area contributed by atoms with Crippen molar-refractivity contribution in [1.82, 2.24) is 4.98 Å². The number of thiophene rings is 1. The lowest BCUT2D eigenvalue weighted by Crippen LogP contribution is -2.18. The van der Waals surface area contributed by atoms with Crippen LogP contribution in [0.1, 0.15) is 11.8 Å². The number of fused-ring (bicyclic) bond motifs is 1. The third-order valence-corrected chi connectivity index (χ3v) is 4.21. The molecule has 2 heterocycles. The number of nitrogens with one attached hydrogen (secondary N) is 1. The van der Waals surface area contributed by atoms with Crippen LogP contribution < -0.4 is 11.1 Å². The van der Waals surface area contributed by atoms with E-state index >= 15 is 0 Å². The van der Waals surface area contributed by atoms with E-state index in [4.69, 9.17) is 5.73 Å². The van der Waals surface area contributed by atoms with E-state index < -0.39 is 0 Å². The van der Waals surface area contributed by atoms with Crippen LogP contribution in [0.5, 0.6) is 0 Å². The summed E-state index contributed by atoms with van der Waals surface area (Å²) in [4.78, 5) is 5.70. The molecule has 0 saturated carbocycles. The lowest BCUT2D eigenvalue weighted by Gasteiger charge is -2.17. The van der Waals surface area contributed by atoms with E-state index in [2.05, 4.69) is 34.7 Å². The molecule has 0 spiro atoms. The Hall–Kier alpha value is -2.07. The van der Waals surface area contributed by atoms with Crippen molar-refractivity contribution in [2.45, 2.75) is 19.4 Å². The highest BCUT2D eigenvalue weighted by Gasteiger charge is 2.09. The van der Waals surface area contributed by atoms with Gasteiger partial charge in [0.2, 0.25) is 0 Å². The molecule has 3 aromatic rings. The van der Waals surface area contributed by atoms with Crippen molar-refractivity contribution >= 4 is 33.6 Å². The van der Waals surface area contributed by atoms with Gasteiger partial charge in [-0.3, -0.25) is 4.98 Å². The number of nitrogen functional groups attached to an aromatic ring is 1. The molecular weight excluding hydrogens is 266 g/mol. The molecule has 1 aromatic carbocycles. The minimum atomic E-state index is 0.338. The molecular formula is C16H17N3S. The Kier molecular flexibility index (Phi) is 3.56. The summed E-state index contributed by atoms with van der Waals surface area (Å²) in [6.45, 7) is 2.17. The molecule has 1 atom stereocenters. The molecule has 3 nitrogen and oxygen atoms in total. The van der Waals surface area contributed by atoms with E-state index in [-0.39, 0.29) is 0 Å². The molecule has 4 heteroatoms. The van der Waals surface area contributed by atoms with Gasteiger partial charge >= 0.3 is 0 Å². The first-order valence-electron chi connectivity index (χ1n) is 6.66. The molecule has 0 bridgehead atoms. The van der Waals surface area contributed by atoms with Crippen LogP contribution >= 0.6 is 11.3 Å². The zero-order chi connectivity index (χ0) is 13.9. The van der Waals surface area contributed by atoms with Gasteiger partial charge in [0.1, 0.15) is 0 Å². The molecule has 0 aliphatic heterocycles. The maximum atomic E-state index is 6.24. The zero-order valence-electron chi connectivity index (χ0n) is 11.3. The minimum Gasteiger partial charge on any atom is -0.397 e. The zero-order valence-corrected chi connectivity index (χ0v) is 12.2. The van der Waals surface area contributed by atoms with Gasteiger partial charge in [-0.05, 0) is 42.6 Å². The highest BCUT2D eigenvalue weighted by molar-refractivity contribution is 7.09. The quantitative estimate of drug-likeness (QED) is 0.713. The molecule has 3 rings (SSSR count). The SMILES string of the molecule is CC(Cc1cccs1)Nc1ccc2ncccc2c1N. The van der Waals surface area contributed by atoms with Gasteiger partial charge in [-0.2, -0.15) is 0 Å². The minimum absolute atomic E-state index is 0.338. The summed E-state index contributed by atoms with van der Waals surface area (Å²) < 4.78 is 0. The fourth-order valence-electron chi connectivity index (χ4n) is 2.35. The smallest absolute Gasteiger partial charge is 0.0724 e. The number of aromatic nitrogens is 1. The van der Waals surface area contributed by atoms with E-state index in [0.29, 0.717) is 6.04 Å². The van der Waals surface area contributed by atoms with E-state index in [1.807, 2.05) is 24.3 Å². The summed E-state index contributed by atoms with van der Waals surface area (Å²) in [7, 11) is 0. The molecule has 0 radical (unpaired) electrons. The summed E-state index contributed by atoms with van der Waals surface area (Å²) in [5.41, 5.74) is 8.93. The fraction of sp³-hybridized carbons (Fsp3) is 0.188. The number of benzene rings is 1. The molecule has 1 unspecified atom stereocenters. The lowest BCUT2D eigenvalue weighted by atomic mass is 10.1. The van der Waals surface area contributed by atoms with Crippen molar-refractivity contribution in [3.05, 3.63) is 52.9 Å². The number of nitrogens with two attached hydrogens (primary N) is 1. The monoisotopic (exact) mass is 283 g/mol.